The Morgan fingerprint density at radius 1 is 1.05 bits per heavy atom. The van der Waals surface area contributed by atoms with E-state index in [4.69, 9.17) is 0 Å². The lowest BCUT2D eigenvalue weighted by molar-refractivity contribution is -0.931. The largest absolute Gasteiger partial charge is 0.323 e. The van der Waals surface area contributed by atoms with Crippen molar-refractivity contribution in [2.75, 3.05) is 14.1 Å². The van der Waals surface area contributed by atoms with E-state index in [1.165, 1.54) is 30.2 Å². The molecule has 2 fully saturated rings. The van der Waals surface area contributed by atoms with Gasteiger partial charge in [-0.25, -0.2) is 4.68 Å². The number of hydrogen-bond acceptors (Lipinski definition) is 2. The first-order chi connectivity index (χ1) is 10.1. The zero-order chi connectivity index (χ0) is 14.4. The van der Waals surface area contributed by atoms with Gasteiger partial charge in [0, 0.05) is 31.2 Å². The lowest BCUT2D eigenvalue weighted by Crippen LogP contribution is -2.54. The van der Waals surface area contributed by atoms with Crippen LogP contribution in [0.5, 0.6) is 0 Å². The monoisotopic (exact) mass is 283 g/mol. The van der Waals surface area contributed by atoms with Gasteiger partial charge in [-0.1, -0.05) is 35.5 Å². The minimum atomic E-state index is 0.526. The molecule has 0 radical (unpaired) electrons. The molecular weight excluding hydrogens is 260 g/mol. The summed E-state index contributed by atoms with van der Waals surface area (Å²) in [4.78, 5) is 0. The number of quaternary nitrogens is 1. The molecule has 2 aliphatic rings. The lowest BCUT2D eigenvalue weighted by atomic mass is 9.96. The van der Waals surface area contributed by atoms with E-state index >= 15 is 0 Å². The number of aromatic nitrogens is 3. The Bertz CT molecular complexity index is 615. The molecule has 0 amide bonds. The summed E-state index contributed by atoms with van der Waals surface area (Å²) >= 11 is 0. The topological polar surface area (TPSA) is 30.7 Å². The Hall–Kier alpha value is -1.68. The van der Waals surface area contributed by atoms with Crippen molar-refractivity contribution in [2.45, 2.75) is 43.8 Å². The smallest absolute Gasteiger partial charge is 0.113 e. The molecule has 0 aliphatic carbocycles. The van der Waals surface area contributed by atoms with Crippen LogP contribution in [-0.4, -0.2) is 45.7 Å². The average molecular weight is 283 g/mol. The summed E-state index contributed by atoms with van der Waals surface area (Å²) < 4.78 is 3.32. The molecule has 2 bridgehead atoms. The Kier molecular flexibility index (Phi) is 2.89. The zero-order valence-corrected chi connectivity index (χ0v) is 12.8. The molecule has 2 aromatic rings. The summed E-state index contributed by atoms with van der Waals surface area (Å²) in [7, 11) is 4.80. The van der Waals surface area contributed by atoms with E-state index in [9.17, 15) is 0 Å². The van der Waals surface area contributed by atoms with E-state index in [0.717, 1.165) is 23.3 Å². The predicted molar refractivity (Wildman–Crippen MR) is 82.6 cm³/mol. The second-order valence-corrected chi connectivity index (χ2v) is 7.09. The standard InChI is InChI=1S/C17H23N4/c1-21(2)15-8-9-16(21)11-14(10-15)20-12-17(18-19-20)13-6-4-3-5-7-13/h3-7,12,14-16H,8-11H2,1-2H3/q+1. The van der Waals surface area contributed by atoms with Crippen molar-refractivity contribution in [3.63, 3.8) is 0 Å². The Morgan fingerprint density at radius 3 is 2.38 bits per heavy atom. The Labute approximate surface area is 126 Å². The van der Waals surface area contributed by atoms with E-state index < -0.39 is 0 Å². The van der Waals surface area contributed by atoms with E-state index in [1.54, 1.807) is 0 Å². The van der Waals surface area contributed by atoms with Crippen LogP contribution in [0.1, 0.15) is 31.7 Å². The molecule has 2 saturated heterocycles. The minimum absolute atomic E-state index is 0.526. The second kappa shape index (κ2) is 4.67. The molecule has 0 saturated carbocycles. The van der Waals surface area contributed by atoms with Crippen LogP contribution in [0.25, 0.3) is 11.3 Å². The number of rotatable bonds is 2. The summed E-state index contributed by atoms with van der Waals surface area (Å²) in [5.74, 6) is 0. The Morgan fingerprint density at radius 2 is 1.71 bits per heavy atom. The van der Waals surface area contributed by atoms with Crippen LogP contribution in [0.2, 0.25) is 0 Å². The maximum atomic E-state index is 4.42. The molecule has 0 spiro atoms. The van der Waals surface area contributed by atoms with Crippen LogP contribution in [0.3, 0.4) is 0 Å². The van der Waals surface area contributed by atoms with Crippen LogP contribution >= 0.6 is 0 Å². The molecule has 3 heterocycles. The summed E-state index contributed by atoms with van der Waals surface area (Å²) in [6, 6.07) is 12.4. The van der Waals surface area contributed by atoms with E-state index in [1.807, 2.05) is 6.07 Å². The van der Waals surface area contributed by atoms with Crippen molar-refractivity contribution < 1.29 is 4.48 Å². The predicted octanol–water partition coefficient (Wildman–Crippen LogP) is 2.89. The third kappa shape index (κ3) is 2.09. The van der Waals surface area contributed by atoms with Crippen LogP contribution in [-0.2, 0) is 0 Å². The zero-order valence-electron chi connectivity index (χ0n) is 12.8. The quantitative estimate of drug-likeness (QED) is 0.793. The average Bonchev–Trinajstić information content (AvgIpc) is 2.99. The van der Waals surface area contributed by atoms with Gasteiger partial charge >= 0.3 is 0 Å². The van der Waals surface area contributed by atoms with E-state index in [2.05, 4.69) is 59.6 Å². The molecule has 1 aromatic carbocycles. The molecule has 21 heavy (non-hydrogen) atoms. The highest BCUT2D eigenvalue weighted by atomic mass is 15.5. The second-order valence-electron chi connectivity index (χ2n) is 7.09. The maximum absolute atomic E-state index is 4.42. The molecule has 110 valence electrons. The maximum Gasteiger partial charge on any atom is 0.113 e. The van der Waals surface area contributed by atoms with Crippen molar-refractivity contribution >= 4 is 0 Å². The van der Waals surface area contributed by atoms with Gasteiger partial charge in [0.05, 0.1) is 38.4 Å². The van der Waals surface area contributed by atoms with Crippen molar-refractivity contribution in [1.29, 1.82) is 0 Å². The molecule has 2 unspecified atom stereocenters. The van der Waals surface area contributed by atoms with Gasteiger partial charge in [-0.3, -0.25) is 0 Å². The van der Waals surface area contributed by atoms with Gasteiger partial charge in [0.2, 0.25) is 0 Å². The highest BCUT2D eigenvalue weighted by Crippen LogP contribution is 2.43. The summed E-state index contributed by atoms with van der Waals surface area (Å²) in [5, 5.41) is 8.80. The van der Waals surface area contributed by atoms with E-state index in [0.29, 0.717) is 6.04 Å². The van der Waals surface area contributed by atoms with Crippen LogP contribution in [0.4, 0.5) is 0 Å². The van der Waals surface area contributed by atoms with Gasteiger partial charge in [-0.05, 0) is 0 Å². The van der Waals surface area contributed by atoms with Crippen molar-refractivity contribution in [3.8, 4) is 11.3 Å². The first-order valence-electron chi connectivity index (χ1n) is 7.95. The van der Waals surface area contributed by atoms with Crippen molar-refractivity contribution in [1.82, 2.24) is 15.0 Å². The third-order valence-corrected chi connectivity index (χ3v) is 5.76. The first-order valence-corrected chi connectivity index (χ1v) is 7.95. The lowest BCUT2D eigenvalue weighted by Gasteiger charge is -2.44. The number of benzene rings is 1. The van der Waals surface area contributed by atoms with Crippen molar-refractivity contribution in [2.24, 2.45) is 0 Å². The number of hydrogen-bond donors (Lipinski definition) is 0. The van der Waals surface area contributed by atoms with Crippen LogP contribution < -0.4 is 0 Å². The summed E-state index contributed by atoms with van der Waals surface area (Å²) in [6.45, 7) is 0. The fourth-order valence-electron chi connectivity index (χ4n) is 4.26. The molecule has 4 nitrogen and oxygen atoms in total. The third-order valence-electron chi connectivity index (χ3n) is 5.76. The SMILES string of the molecule is C[N+]1(C)C2CCC1CC(n1cc(-c3ccccc3)nn1)C2. The van der Waals surface area contributed by atoms with Gasteiger partial charge in [-0.15, -0.1) is 5.10 Å². The van der Waals surface area contributed by atoms with Crippen LogP contribution in [0, 0.1) is 0 Å². The number of fused-ring (bicyclic) bond motifs is 2. The van der Waals surface area contributed by atoms with Gasteiger partial charge in [-0.2, -0.15) is 0 Å². The summed E-state index contributed by atoms with van der Waals surface area (Å²) in [5.41, 5.74) is 2.14. The highest BCUT2D eigenvalue weighted by molar-refractivity contribution is 5.57. The molecule has 1 aromatic heterocycles. The molecule has 4 rings (SSSR count). The minimum Gasteiger partial charge on any atom is -0.323 e. The summed E-state index contributed by atoms with van der Waals surface area (Å²) in [6.07, 6.45) is 7.34. The normalized spacial score (nSPS) is 30.5. The molecule has 4 heteroatoms. The molecule has 2 aliphatic heterocycles. The van der Waals surface area contributed by atoms with Gasteiger partial charge in [0.25, 0.3) is 0 Å². The highest BCUT2D eigenvalue weighted by Gasteiger charge is 2.49. The van der Waals surface area contributed by atoms with Gasteiger partial charge in [0.15, 0.2) is 0 Å². The number of nitrogens with zero attached hydrogens (tertiary/aromatic N) is 4. The van der Waals surface area contributed by atoms with Crippen LogP contribution in [0.15, 0.2) is 36.5 Å². The first kappa shape index (κ1) is 13.0. The Balaban J connectivity index is 1.58. The fourth-order valence-corrected chi connectivity index (χ4v) is 4.26. The fraction of sp³-hybridized carbons (Fsp3) is 0.529. The van der Waals surface area contributed by atoms with Crippen molar-refractivity contribution in [3.05, 3.63) is 36.5 Å². The number of piperidine rings is 1. The van der Waals surface area contributed by atoms with Gasteiger partial charge in [0.1, 0.15) is 5.69 Å². The van der Waals surface area contributed by atoms with E-state index in [-0.39, 0.29) is 0 Å². The van der Waals surface area contributed by atoms with Gasteiger partial charge < -0.3 is 4.48 Å². The molecular formula is C17H23N4+. The molecule has 2 atom stereocenters. The molecule has 0 N–H and O–H groups in total.